The lowest BCUT2D eigenvalue weighted by molar-refractivity contribution is -0.146. The number of fused-ring (bicyclic) bond motifs is 1. The molecule has 15 nitrogen and oxygen atoms in total. The van der Waals surface area contributed by atoms with Crippen LogP contribution in [0, 0.1) is 17.2 Å². The van der Waals surface area contributed by atoms with E-state index in [1.165, 1.54) is 36.1 Å². The number of nitrogens with zero attached hydrogens (tertiary/aromatic N) is 5. The number of nitrogens with two attached hydrogens (primary N) is 1. The summed E-state index contributed by atoms with van der Waals surface area (Å²) >= 11 is 0. The van der Waals surface area contributed by atoms with Crippen LogP contribution in [-0.2, 0) is 29.0 Å². The molecule has 1 unspecified atom stereocenters. The third-order valence-electron chi connectivity index (χ3n) is 7.07. The molecule has 1 aliphatic heterocycles. The number of nitrogen functional groups attached to an aromatic ring is 1. The Morgan fingerprint density at radius 3 is 2.71 bits per heavy atom. The maximum atomic E-state index is 13.9. The van der Waals surface area contributed by atoms with Crippen molar-refractivity contribution < 1.29 is 38.1 Å². The summed E-state index contributed by atoms with van der Waals surface area (Å²) in [7, 11) is -4.38. The second-order valence-corrected chi connectivity index (χ2v) is 11.5. The number of rotatable bonds is 13. The molecule has 4 rings (SSSR count). The molecule has 0 amide bonds. The van der Waals surface area contributed by atoms with E-state index < -0.39 is 50.3 Å². The Labute approximate surface area is 242 Å². The smallest absolute Gasteiger partial charge is 0.460 e. The average Bonchev–Trinajstić information content (AvgIpc) is 3.53. The molecule has 0 radical (unpaired) electrons. The topological polar surface area (TPSA) is 216 Å². The van der Waals surface area contributed by atoms with Crippen molar-refractivity contribution in [3.8, 4) is 11.9 Å². The van der Waals surface area contributed by atoms with Crippen LogP contribution in [0.1, 0.15) is 39.3 Å². The van der Waals surface area contributed by atoms with Crippen molar-refractivity contribution in [2.45, 2.75) is 63.6 Å². The van der Waals surface area contributed by atoms with Crippen LogP contribution in [0.5, 0.6) is 5.88 Å². The summed E-state index contributed by atoms with van der Waals surface area (Å²) in [5.41, 5.74) is 4.24. The molecule has 0 saturated carbocycles. The first-order valence-corrected chi connectivity index (χ1v) is 14.9. The van der Waals surface area contributed by atoms with Gasteiger partial charge in [0.2, 0.25) is 11.5 Å². The zero-order chi connectivity index (χ0) is 30.5. The lowest BCUT2D eigenvalue weighted by Gasteiger charge is -2.25. The van der Waals surface area contributed by atoms with Crippen molar-refractivity contribution in [3.05, 3.63) is 48.5 Å². The van der Waals surface area contributed by atoms with E-state index >= 15 is 0 Å². The van der Waals surface area contributed by atoms with E-state index in [2.05, 4.69) is 20.2 Å². The van der Waals surface area contributed by atoms with Crippen molar-refractivity contribution in [3.63, 3.8) is 0 Å². The molecule has 5 N–H and O–H groups in total. The van der Waals surface area contributed by atoms with Gasteiger partial charge in [0.05, 0.1) is 18.9 Å². The maximum Gasteiger partial charge on any atom is 0.460 e. The van der Waals surface area contributed by atoms with Crippen LogP contribution in [0.15, 0.2) is 42.9 Å². The highest BCUT2D eigenvalue weighted by Crippen LogP contribution is 2.47. The van der Waals surface area contributed by atoms with Gasteiger partial charge in [-0.25, -0.2) is 19.0 Å². The van der Waals surface area contributed by atoms with Crippen molar-refractivity contribution in [1.82, 2.24) is 24.7 Å². The van der Waals surface area contributed by atoms with Crippen molar-refractivity contribution >= 4 is 25.1 Å². The van der Waals surface area contributed by atoms with Crippen LogP contribution in [0.2, 0.25) is 0 Å². The minimum atomic E-state index is -4.38. The molecular formula is C26H34N7O8P. The van der Waals surface area contributed by atoms with Crippen molar-refractivity contribution in [1.29, 1.82) is 5.26 Å². The van der Waals surface area contributed by atoms with Crippen molar-refractivity contribution in [2.24, 2.45) is 5.92 Å². The summed E-state index contributed by atoms with van der Waals surface area (Å²) in [4.78, 5) is 20.6. The summed E-state index contributed by atoms with van der Waals surface area (Å²) in [5, 5.41) is 38.6. The van der Waals surface area contributed by atoms with Crippen molar-refractivity contribution in [2.75, 3.05) is 18.9 Å². The fourth-order valence-corrected chi connectivity index (χ4v) is 5.93. The van der Waals surface area contributed by atoms with E-state index in [4.69, 9.17) is 24.3 Å². The Hall–Kier alpha value is -3.64. The number of hydrogen-bond acceptors (Lipinski definition) is 13. The maximum absolute atomic E-state index is 13.9. The molecule has 6 atom stereocenters. The second kappa shape index (κ2) is 13.1. The van der Waals surface area contributed by atoms with E-state index in [0.29, 0.717) is 5.52 Å². The van der Waals surface area contributed by atoms with Crippen LogP contribution in [0.25, 0.3) is 5.52 Å². The van der Waals surface area contributed by atoms with Gasteiger partial charge in [0.1, 0.15) is 42.3 Å². The zero-order valence-corrected chi connectivity index (χ0v) is 24.3. The predicted molar refractivity (Wildman–Crippen MR) is 148 cm³/mol. The Bertz CT molecular complexity index is 1460. The highest BCUT2D eigenvalue weighted by atomic mass is 31.2. The lowest BCUT2D eigenvalue weighted by atomic mass is 9.92. The van der Waals surface area contributed by atoms with Gasteiger partial charge in [-0.1, -0.05) is 32.8 Å². The first-order chi connectivity index (χ1) is 20.1. The van der Waals surface area contributed by atoms with Crippen LogP contribution in [-0.4, -0.2) is 73.3 Å². The molecule has 1 fully saturated rings. The number of aliphatic hydroxyl groups excluding tert-OH is 2. The summed E-state index contributed by atoms with van der Waals surface area (Å²) < 4.78 is 37.5. The molecule has 226 valence electrons. The summed E-state index contributed by atoms with van der Waals surface area (Å²) in [5.74, 6) is -0.430. The Morgan fingerprint density at radius 2 is 2.05 bits per heavy atom. The minimum absolute atomic E-state index is 0.0675. The van der Waals surface area contributed by atoms with Gasteiger partial charge in [-0.15, -0.1) is 0 Å². The molecule has 1 aliphatic rings. The number of anilines is 1. The summed E-state index contributed by atoms with van der Waals surface area (Å²) in [6, 6.07) is 8.46. The quantitative estimate of drug-likeness (QED) is 0.162. The van der Waals surface area contributed by atoms with Gasteiger partial charge in [0, 0.05) is 12.3 Å². The number of hydrogen-bond donors (Lipinski definition) is 4. The van der Waals surface area contributed by atoms with Gasteiger partial charge < -0.3 is 29.9 Å². The molecule has 0 spiro atoms. The van der Waals surface area contributed by atoms with E-state index in [9.17, 15) is 24.8 Å². The number of nitrogens with one attached hydrogen (secondary N) is 1. The molecule has 0 aliphatic carbocycles. The fraction of sp³-hybridized carbons (Fsp3) is 0.500. The number of esters is 1. The fourth-order valence-electron chi connectivity index (χ4n) is 4.48. The molecule has 4 heterocycles. The van der Waals surface area contributed by atoms with Crippen LogP contribution >= 0.6 is 7.75 Å². The predicted octanol–water partition coefficient (Wildman–Crippen LogP) is 1.71. The van der Waals surface area contributed by atoms with E-state index in [0.717, 1.165) is 12.8 Å². The van der Waals surface area contributed by atoms with Gasteiger partial charge in [0.25, 0.3) is 0 Å². The summed E-state index contributed by atoms with van der Waals surface area (Å²) in [6.07, 6.45) is -0.530. The molecule has 42 heavy (non-hydrogen) atoms. The van der Waals surface area contributed by atoms with E-state index in [-0.39, 0.29) is 29.9 Å². The number of carbonyl (C=O) groups is 1. The second-order valence-electron chi connectivity index (χ2n) is 9.82. The van der Waals surface area contributed by atoms with Gasteiger partial charge >= 0.3 is 13.7 Å². The number of carbonyl (C=O) groups excluding carboxylic acids is 1. The number of nitriles is 1. The molecule has 1 saturated heterocycles. The van der Waals surface area contributed by atoms with Gasteiger partial charge in [0.15, 0.2) is 5.82 Å². The normalized spacial score (nSPS) is 24.3. The number of pyridine rings is 1. The lowest BCUT2D eigenvalue weighted by Crippen LogP contribution is -2.41. The SMILES string of the molecule is CCC(CC)COC(=O)[C@H](C)NP(=O)(OC[C@H]1O[C@@](C#N)(c2ccc3c(N)ncnn23)[C@H](O)[C@@H]1O)Oc1ccccn1. The number of ether oxygens (including phenoxy) is 2. The Balaban J connectivity index is 1.53. The molecule has 0 aromatic carbocycles. The van der Waals surface area contributed by atoms with Gasteiger partial charge in [-0.05, 0) is 31.0 Å². The first-order valence-electron chi connectivity index (χ1n) is 13.4. The molecular weight excluding hydrogens is 569 g/mol. The van der Waals surface area contributed by atoms with Gasteiger partial charge in [-0.2, -0.15) is 15.4 Å². The monoisotopic (exact) mass is 603 g/mol. The molecule has 3 aromatic rings. The van der Waals surface area contributed by atoms with Crippen LogP contribution in [0.4, 0.5) is 5.82 Å². The largest absolute Gasteiger partial charge is 0.464 e. The molecule has 16 heteroatoms. The number of aromatic nitrogens is 4. The van der Waals surface area contributed by atoms with E-state index in [1.54, 1.807) is 18.2 Å². The summed E-state index contributed by atoms with van der Waals surface area (Å²) in [6.45, 7) is 5.00. The third kappa shape index (κ3) is 6.39. The van der Waals surface area contributed by atoms with Crippen LogP contribution in [0.3, 0.4) is 0 Å². The first kappa shape index (κ1) is 31.3. The standard InChI is InChI=1S/C26H34N7O8P/c1-4-17(5-2)12-38-25(36)16(3)32-42(37,41-21-8-6-7-11-29-21)39-13-19-22(34)23(35)26(14-27,40-19)20-10-9-18-24(28)30-15-31-33(18)20/h6-11,15-17,19,22-23,34-35H,4-5,12-13H2,1-3H3,(H,32,37)(H2,28,30,31)/t16-,19+,22+,23+,26-,42?/m0/s1. The minimum Gasteiger partial charge on any atom is -0.464 e. The van der Waals surface area contributed by atoms with Gasteiger partial charge in [-0.3, -0.25) is 9.32 Å². The molecule has 0 bridgehead atoms. The average molecular weight is 604 g/mol. The Morgan fingerprint density at radius 1 is 1.29 bits per heavy atom. The highest BCUT2D eigenvalue weighted by molar-refractivity contribution is 7.52. The zero-order valence-electron chi connectivity index (χ0n) is 23.4. The highest BCUT2D eigenvalue weighted by Gasteiger charge is 2.58. The van der Waals surface area contributed by atoms with E-state index in [1.807, 2.05) is 19.9 Å². The third-order valence-corrected chi connectivity index (χ3v) is 8.69. The number of aliphatic hydroxyl groups is 2. The van der Waals surface area contributed by atoms with Crippen LogP contribution < -0.4 is 15.3 Å². The molecule has 3 aromatic heterocycles. The Kier molecular flexibility index (Phi) is 9.78.